The maximum atomic E-state index is 14.9. The van der Waals surface area contributed by atoms with Gasteiger partial charge in [0.25, 0.3) is 12.1 Å². The number of rotatable bonds is 9. The molecule has 15 heteroatoms. The number of halogens is 4. The van der Waals surface area contributed by atoms with E-state index < -0.39 is 41.3 Å². The maximum absolute atomic E-state index is 14.9. The second kappa shape index (κ2) is 12.0. The van der Waals surface area contributed by atoms with Gasteiger partial charge in [-0.25, -0.2) is 27.5 Å². The number of piperidine rings is 1. The van der Waals surface area contributed by atoms with Crippen LogP contribution in [0.15, 0.2) is 48.9 Å². The maximum Gasteiger partial charge on any atom is 0.295 e. The highest BCUT2D eigenvalue weighted by Crippen LogP contribution is 2.39. The van der Waals surface area contributed by atoms with Crippen molar-refractivity contribution in [2.24, 2.45) is 0 Å². The molecule has 0 unspecified atom stereocenters. The fraction of sp³-hybridized carbons (Fsp3) is 0.296. The molecule has 0 saturated carbocycles. The number of anilines is 3. The van der Waals surface area contributed by atoms with Gasteiger partial charge in [0.05, 0.1) is 35.6 Å². The fourth-order valence-electron chi connectivity index (χ4n) is 4.84. The highest BCUT2D eigenvalue weighted by atomic mass is 19.3. The lowest BCUT2D eigenvalue weighted by molar-refractivity contribution is -0.384. The summed E-state index contributed by atoms with van der Waals surface area (Å²) in [5.74, 6) is -1.98. The van der Waals surface area contributed by atoms with Gasteiger partial charge in [-0.05, 0) is 18.9 Å². The average molecular weight is 588 g/mol. The van der Waals surface area contributed by atoms with Crippen LogP contribution >= 0.6 is 0 Å². The Bertz CT molecular complexity index is 1620. The summed E-state index contributed by atoms with van der Waals surface area (Å²) >= 11 is 0. The van der Waals surface area contributed by atoms with Crippen LogP contribution in [0.2, 0.25) is 0 Å². The van der Waals surface area contributed by atoms with Crippen LogP contribution in [0.3, 0.4) is 0 Å². The van der Waals surface area contributed by atoms with Crippen LogP contribution in [0.25, 0.3) is 22.4 Å². The van der Waals surface area contributed by atoms with Gasteiger partial charge in [0.2, 0.25) is 0 Å². The third kappa shape index (κ3) is 6.10. The van der Waals surface area contributed by atoms with E-state index in [0.717, 1.165) is 16.8 Å². The minimum Gasteiger partial charge on any atom is -0.496 e. The average Bonchev–Trinajstić information content (AvgIpc) is 3.40. The van der Waals surface area contributed by atoms with E-state index in [9.17, 15) is 32.8 Å². The number of alkyl halides is 2. The van der Waals surface area contributed by atoms with Gasteiger partial charge < -0.3 is 20.1 Å². The van der Waals surface area contributed by atoms with Crippen molar-refractivity contribution in [2.45, 2.75) is 31.9 Å². The molecule has 3 aromatic heterocycles. The highest BCUT2D eigenvalue weighted by Gasteiger charge is 2.26. The first-order chi connectivity index (χ1) is 20.1. The smallest absolute Gasteiger partial charge is 0.295 e. The summed E-state index contributed by atoms with van der Waals surface area (Å²) in [5.41, 5.74) is 0.459. The molecule has 1 aromatic carbocycles. The number of methoxy groups -OCH3 is 1. The Morgan fingerprint density at radius 1 is 1.21 bits per heavy atom. The van der Waals surface area contributed by atoms with Crippen molar-refractivity contribution < 1.29 is 32.3 Å². The van der Waals surface area contributed by atoms with Crippen LogP contribution < -0.4 is 15.0 Å². The van der Waals surface area contributed by atoms with Crippen LogP contribution in [0.4, 0.5) is 40.6 Å². The van der Waals surface area contributed by atoms with E-state index in [1.807, 2.05) is 4.90 Å². The quantitative estimate of drug-likeness (QED) is 0.155. The van der Waals surface area contributed by atoms with Gasteiger partial charge in [-0.1, -0.05) is 0 Å². The molecule has 4 aromatic rings. The number of nitro groups is 1. The molecule has 1 atom stereocenters. The van der Waals surface area contributed by atoms with Crippen molar-refractivity contribution in [1.29, 1.82) is 0 Å². The van der Waals surface area contributed by atoms with Crippen molar-refractivity contribution >= 4 is 23.0 Å². The second-order valence-electron chi connectivity index (χ2n) is 9.58. The van der Waals surface area contributed by atoms with Crippen molar-refractivity contribution in [3.05, 3.63) is 70.7 Å². The third-order valence-electron chi connectivity index (χ3n) is 6.69. The highest BCUT2D eigenvalue weighted by molar-refractivity contribution is 5.81. The van der Waals surface area contributed by atoms with Crippen LogP contribution in [-0.4, -0.2) is 62.5 Å². The van der Waals surface area contributed by atoms with Gasteiger partial charge >= 0.3 is 0 Å². The summed E-state index contributed by atoms with van der Waals surface area (Å²) in [7, 11) is 1.17. The van der Waals surface area contributed by atoms with Crippen molar-refractivity contribution in [1.82, 2.24) is 19.7 Å². The van der Waals surface area contributed by atoms with Gasteiger partial charge in [-0.2, -0.15) is 5.10 Å². The molecule has 0 spiro atoms. The molecule has 1 aliphatic heterocycles. The number of aromatic nitrogens is 4. The van der Waals surface area contributed by atoms with E-state index in [4.69, 9.17) is 4.74 Å². The molecule has 220 valence electrons. The lowest BCUT2D eigenvalue weighted by atomic mass is 10.0. The number of hydrogen-bond donors (Lipinski definition) is 2. The molecule has 0 bridgehead atoms. The van der Waals surface area contributed by atoms with Crippen molar-refractivity contribution in [3.8, 4) is 28.1 Å². The van der Waals surface area contributed by atoms with Gasteiger partial charge in [0.15, 0.2) is 5.69 Å². The van der Waals surface area contributed by atoms with Crippen LogP contribution in [0.5, 0.6) is 5.75 Å². The fourth-order valence-corrected chi connectivity index (χ4v) is 4.84. The Morgan fingerprint density at radius 2 is 2.02 bits per heavy atom. The van der Waals surface area contributed by atoms with Crippen LogP contribution in [-0.2, 0) is 6.54 Å². The zero-order valence-corrected chi connectivity index (χ0v) is 22.2. The number of aliphatic hydroxyl groups excluding tert-OH is 1. The lowest BCUT2D eigenvalue weighted by Gasteiger charge is -2.33. The zero-order valence-electron chi connectivity index (χ0n) is 22.2. The summed E-state index contributed by atoms with van der Waals surface area (Å²) in [6, 6.07) is 5.57. The van der Waals surface area contributed by atoms with E-state index in [0.29, 0.717) is 48.8 Å². The normalized spacial score (nSPS) is 15.2. The summed E-state index contributed by atoms with van der Waals surface area (Å²) in [5, 5.41) is 29.0. The topological polar surface area (TPSA) is 131 Å². The minimum absolute atomic E-state index is 0.0657. The molecule has 11 nitrogen and oxygen atoms in total. The van der Waals surface area contributed by atoms with Crippen molar-refractivity contribution in [2.75, 3.05) is 30.4 Å². The van der Waals surface area contributed by atoms with Crippen LogP contribution in [0.1, 0.15) is 12.8 Å². The Kier molecular flexibility index (Phi) is 8.20. The standard InChI is InChI=1S/C27H25F4N7O4/c1-42-22-8-16(28)7-19(29)26(22)27-20(38(40)41)4-5-24(35-27)34-25-9-21(36-6-2-3-17(39)13-36)18(11-32-25)15-10-33-37(12-15)14-23(30)31/h4-5,7-12,17,23,39H,2-3,6,13-14H2,1H3,(H,32,34,35)/t17-/m0/s1. The number of pyridine rings is 2. The number of aliphatic hydroxyl groups is 1. The molecule has 1 aliphatic rings. The molecule has 0 radical (unpaired) electrons. The van der Waals surface area contributed by atoms with Crippen LogP contribution in [0, 0.1) is 21.7 Å². The summed E-state index contributed by atoms with van der Waals surface area (Å²) in [6.45, 7) is 0.367. The van der Waals surface area contributed by atoms with E-state index in [1.165, 1.54) is 31.8 Å². The summed E-state index contributed by atoms with van der Waals surface area (Å²) < 4.78 is 60.7. The number of β-amino-alcohol motifs (C(OH)–C–C–N with tert-alkyl or cyclic N) is 1. The Morgan fingerprint density at radius 3 is 2.74 bits per heavy atom. The van der Waals surface area contributed by atoms with Gasteiger partial charge in [-0.3, -0.25) is 14.8 Å². The van der Waals surface area contributed by atoms with Crippen molar-refractivity contribution in [3.63, 3.8) is 0 Å². The molecule has 4 heterocycles. The van der Waals surface area contributed by atoms with E-state index >= 15 is 0 Å². The number of benzene rings is 1. The van der Waals surface area contributed by atoms with E-state index in [2.05, 4.69) is 20.4 Å². The summed E-state index contributed by atoms with van der Waals surface area (Å²) in [6.07, 6.45) is 2.64. The molecule has 2 N–H and O–H groups in total. The SMILES string of the molecule is COc1cc(F)cc(F)c1-c1nc(Nc2cc(N3CCC[C@H](O)C3)c(-c3cnn(CC(F)F)c3)cn2)ccc1[N+](=O)[O-]. The lowest BCUT2D eigenvalue weighted by Crippen LogP contribution is -2.38. The van der Waals surface area contributed by atoms with Gasteiger partial charge in [0.1, 0.15) is 35.6 Å². The molecular formula is C27H25F4N7O4. The second-order valence-corrected chi connectivity index (χ2v) is 9.58. The molecule has 1 fully saturated rings. The number of ether oxygens (including phenoxy) is 1. The Balaban J connectivity index is 1.55. The monoisotopic (exact) mass is 587 g/mol. The first kappa shape index (κ1) is 28.7. The van der Waals surface area contributed by atoms with E-state index in [-0.39, 0.29) is 28.6 Å². The zero-order chi connectivity index (χ0) is 30.0. The number of nitrogens with one attached hydrogen (secondary N) is 1. The molecule has 0 aliphatic carbocycles. The predicted molar refractivity (Wildman–Crippen MR) is 145 cm³/mol. The minimum atomic E-state index is -2.58. The Hall–Kier alpha value is -4.79. The number of hydrogen-bond acceptors (Lipinski definition) is 9. The third-order valence-corrected chi connectivity index (χ3v) is 6.69. The molecule has 0 amide bonds. The first-order valence-corrected chi connectivity index (χ1v) is 12.8. The predicted octanol–water partition coefficient (Wildman–Crippen LogP) is 5.17. The van der Waals surface area contributed by atoms with Gasteiger partial charge in [0, 0.05) is 60.9 Å². The molecule has 42 heavy (non-hydrogen) atoms. The Labute approximate surface area is 236 Å². The van der Waals surface area contributed by atoms with Gasteiger partial charge in [-0.15, -0.1) is 0 Å². The molecule has 5 rings (SSSR count). The molecular weight excluding hydrogens is 562 g/mol. The van der Waals surface area contributed by atoms with E-state index in [1.54, 1.807) is 6.07 Å². The largest absolute Gasteiger partial charge is 0.496 e. The molecule has 1 saturated heterocycles. The number of nitrogens with zero attached hydrogens (tertiary/aromatic N) is 6. The summed E-state index contributed by atoms with van der Waals surface area (Å²) in [4.78, 5) is 21.6. The first-order valence-electron chi connectivity index (χ1n) is 12.8.